The number of thioether (sulfide) groups is 1. The maximum atomic E-state index is 13.3. The van der Waals surface area contributed by atoms with Gasteiger partial charge in [-0.2, -0.15) is 8.78 Å². The number of amidine groups is 1. The van der Waals surface area contributed by atoms with E-state index in [1.807, 2.05) is 0 Å². The maximum absolute atomic E-state index is 13.3. The van der Waals surface area contributed by atoms with E-state index in [9.17, 15) is 23.5 Å². The second-order valence-electron chi connectivity index (χ2n) is 6.88. The smallest absolute Gasteiger partial charge is 0.387 e. The third-order valence-corrected chi connectivity index (χ3v) is 5.58. The number of rotatable bonds is 8. The van der Waals surface area contributed by atoms with Crippen LogP contribution in [0.2, 0.25) is 0 Å². The minimum atomic E-state index is -2.98. The van der Waals surface area contributed by atoms with Crippen LogP contribution in [0, 0.1) is 0 Å². The number of hydrogen-bond acceptors (Lipinski definition) is 8. The van der Waals surface area contributed by atoms with Gasteiger partial charge < -0.3 is 19.3 Å². The van der Waals surface area contributed by atoms with E-state index < -0.39 is 23.7 Å². The van der Waals surface area contributed by atoms with Gasteiger partial charge >= 0.3 is 12.6 Å². The Morgan fingerprint density at radius 2 is 1.94 bits per heavy atom. The van der Waals surface area contributed by atoms with Gasteiger partial charge in [-0.25, -0.2) is 4.99 Å². The molecule has 0 radical (unpaired) electrons. The summed E-state index contributed by atoms with van der Waals surface area (Å²) < 4.78 is 39.4. The van der Waals surface area contributed by atoms with Gasteiger partial charge in [0.2, 0.25) is 0 Å². The molecule has 0 spiro atoms. The molecule has 0 aromatic heterocycles. The third kappa shape index (κ3) is 5.84. The largest absolute Gasteiger partial charge is 0.504 e. The number of amides is 1. The number of methoxy groups -OCH3 is 1. The Kier molecular flexibility index (Phi) is 8.11. The average molecular weight is 493 g/mol. The average Bonchev–Trinajstić information content (AvgIpc) is 3.10. The third-order valence-electron chi connectivity index (χ3n) is 4.55. The van der Waals surface area contributed by atoms with Gasteiger partial charge in [0, 0.05) is 0 Å². The summed E-state index contributed by atoms with van der Waals surface area (Å²) in [6.45, 7) is 0.749. The number of hydrogen-bond donors (Lipinski definition) is 1. The monoisotopic (exact) mass is 492 g/mol. The van der Waals surface area contributed by atoms with Crippen molar-refractivity contribution in [3.8, 4) is 17.2 Å². The Labute approximate surface area is 198 Å². The summed E-state index contributed by atoms with van der Waals surface area (Å²) in [5.74, 6) is -0.846. The molecule has 2 aromatic carbocycles. The second kappa shape index (κ2) is 11.0. The normalized spacial score (nSPS) is 15.5. The first kappa shape index (κ1) is 25.0. The zero-order valence-electron chi connectivity index (χ0n) is 18.5. The number of ether oxygens (including phenoxy) is 3. The highest BCUT2D eigenvalue weighted by molar-refractivity contribution is 8.15. The number of anilines is 1. The molecule has 1 heterocycles. The fraction of sp³-hybridized carbons (Fsp3) is 0.261. The minimum Gasteiger partial charge on any atom is -0.504 e. The number of aliphatic imine (C=N–C) groups is 1. The molecular formula is C23H22F2N2O6S. The predicted molar refractivity (Wildman–Crippen MR) is 124 cm³/mol. The minimum absolute atomic E-state index is 0.0406. The van der Waals surface area contributed by atoms with E-state index >= 15 is 0 Å². The Hall–Kier alpha value is -3.60. The van der Waals surface area contributed by atoms with E-state index in [4.69, 9.17) is 9.47 Å². The molecule has 0 fully saturated rings. The van der Waals surface area contributed by atoms with Crippen molar-refractivity contribution in [1.29, 1.82) is 0 Å². The lowest BCUT2D eigenvalue weighted by Crippen LogP contribution is -2.32. The van der Waals surface area contributed by atoms with Crippen molar-refractivity contribution in [2.24, 2.45) is 4.99 Å². The summed E-state index contributed by atoms with van der Waals surface area (Å²) in [6, 6.07) is 10.1. The number of phenolic OH excluding ortho intramolecular Hbond substituents is 1. The summed E-state index contributed by atoms with van der Waals surface area (Å²) >= 11 is 1.01. The van der Waals surface area contributed by atoms with Crippen molar-refractivity contribution in [3.63, 3.8) is 0 Å². The molecule has 0 saturated heterocycles. The summed E-state index contributed by atoms with van der Waals surface area (Å²) in [5, 5.41) is 9.45. The molecule has 2 aromatic rings. The second-order valence-corrected chi connectivity index (χ2v) is 8.19. The fourth-order valence-electron chi connectivity index (χ4n) is 3.00. The molecule has 1 unspecified atom stereocenters. The van der Waals surface area contributed by atoms with E-state index in [0.717, 1.165) is 11.8 Å². The molecule has 34 heavy (non-hydrogen) atoms. The van der Waals surface area contributed by atoms with Gasteiger partial charge in [-0.3, -0.25) is 14.5 Å². The highest BCUT2D eigenvalue weighted by Gasteiger charge is 2.34. The van der Waals surface area contributed by atoms with Gasteiger partial charge in [-0.15, -0.1) is 0 Å². The number of aromatic hydroxyl groups is 1. The van der Waals surface area contributed by atoms with Gasteiger partial charge in [0.25, 0.3) is 5.91 Å². The molecule has 0 bridgehead atoms. The summed E-state index contributed by atoms with van der Waals surface area (Å²) in [5.41, 5.74) is 0.973. The lowest BCUT2D eigenvalue weighted by molar-refractivity contribution is -0.139. The van der Waals surface area contributed by atoms with E-state index in [1.165, 1.54) is 48.4 Å². The Morgan fingerprint density at radius 1 is 1.24 bits per heavy atom. The van der Waals surface area contributed by atoms with Crippen LogP contribution in [0.4, 0.5) is 14.5 Å². The van der Waals surface area contributed by atoms with Gasteiger partial charge in [0.15, 0.2) is 16.7 Å². The first-order chi connectivity index (χ1) is 16.2. The highest BCUT2D eigenvalue weighted by atomic mass is 32.2. The standard InChI is InChI=1S/C23H22F2N2O6S/c1-4-32-19-12-14(5-10-18(19)28)11-17-20(29)27(23(26-17)34-13(2)21(30)31-3)15-6-8-16(9-7-15)33-22(24)25/h5-13,22,28H,4H2,1-3H3/b17-11-. The Morgan fingerprint density at radius 3 is 2.56 bits per heavy atom. The lowest BCUT2D eigenvalue weighted by atomic mass is 10.1. The van der Waals surface area contributed by atoms with Crippen molar-refractivity contribution >= 4 is 40.6 Å². The van der Waals surface area contributed by atoms with Crippen LogP contribution in [-0.4, -0.2) is 47.7 Å². The zero-order chi connectivity index (χ0) is 24.8. The van der Waals surface area contributed by atoms with Crippen molar-refractivity contribution in [3.05, 3.63) is 53.7 Å². The van der Waals surface area contributed by atoms with Crippen LogP contribution in [0.1, 0.15) is 19.4 Å². The van der Waals surface area contributed by atoms with Crippen LogP contribution in [-0.2, 0) is 14.3 Å². The number of nitrogens with zero attached hydrogens (tertiary/aromatic N) is 2. The first-order valence-corrected chi connectivity index (χ1v) is 11.0. The highest BCUT2D eigenvalue weighted by Crippen LogP contribution is 2.34. The first-order valence-electron chi connectivity index (χ1n) is 10.1. The molecule has 1 N–H and O–H groups in total. The molecule has 11 heteroatoms. The van der Waals surface area contributed by atoms with Crippen LogP contribution in [0.5, 0.6) is 17.2 Å². The van der Waals surface area contributed by atoms with Gasteiger partial charge in [-0.05, 0) is 61.9 Å². The van der Waals surface area contributed by atoms with E-state index in [2.05, 4.69) is 9.73 Å². The predicted octanol–water partition coefficient (Wildman–Crippen LogP) is 4.43. The van der Waals surface area contributed by atoms with Crippen LogP contribution in [0.15, 0.2) is 53.2 Å². The molecule has 1 aliphatic rings. The number of carbonyl (C=O) groups is 2. The molecule has 8 nitrogen and oxygen atoms in total. The molecule has 1 aliphatic heterocycles. The topological polar surface area (TPSA) is 97.7 Å². The number of alkyl halides is 2. The summed E-state index contributed by atoms with van der Waals surface area (Å²) in [4.78, 5) is 30.9. The van der Waals surface area contributed by atoms with Crippen molar-refractivity contribution in [2.45, 2.75) is 25.7 Å². The van der Waals surface area contributed by atoms with Gasteiger partial charge in [0.1, 0.15) is 16.7 Å². The van der Waals surface area contributed by atoms with Crippen LogP contribution < -0.4 is 14.4 Å². The van der Waals surface area contributed by atoms with E-state index in [0.29, 0.717) is 17.9 Å². The number of phenols is 1. The van der Waals surface area contributed by atoms with Crippen molar-refractivity contribution < 1.29 is 37.7 Å². The van der Waals surface area contributed by atoms with E-state index in [-0.39, 0.29) is 28.1 Å². The van der Waals surface area contributed by atoms with E-state index in [1.54, 1.807) is 26.0 Å². The summed E-state index contributed by atoms with van der Waals surface area (Å²) in [7, 11) is 1.26. The molecule has 180 valence electrons. The maximum Gasteiger partial charge on any atom is 0.387 e. The molecule has 1 atom stereocenters. The Balaban J connectivity index is 1.97. The number of esters is 1. The molecule has 3 rings (SSSR count). The van der Waals surface area contributed by atoms with Gasteiger partial charge in [-0.1, -0.05) is 17.8 Å². The SMILES string of the molecule is CCOc1cc(/C=C2\N=C(SC(C)C(=O)OC)N(c3ccc(OC(F)F)cc3)C2=O)ccc1O. The summed E-state index contributed by atoms with van der Waals surface area (Å²) in [6.07, 6.45) is 1.52. The van der Waals surface area contributed by atoms with Gasteiger partial charge in [0.05, 0.1) is 19.4 Å². The number of benzene rings is 2. The molecule has 1 amide bonds. The van der Waals surface area contributed by atoms with Crippen LogP contribution in [0.25, 0.3) is 6.08 Å². The number of carbonyl (C=O) groups excluding carboxylic acids is 2. The molecular weight excluding hydrogens is 470 g/mol. The van der Waals surface area contributed by atoms with Crippen LogP contribution >= 0.6 is 11.8 Å². The van der Waals surface area contributed by atoms with Crippen molar-refractivity contribution in [2.75, 3.05) is 18.6 Å². The molecule has 0 aliphatic carbocycles. The Bertz CT molecular complexity index is 1120. The quantitative estimate of drug-likeness (QED) is 0.430. The van der Waals surface area contributed by atoms with Crippen LogP contribution in [0.3, 0.4) is 0 Å². The fourth-order valence-corrected chi connectivity index (χ4v) is 3.95. The lowest BCUT2D eigenvalue weighted by Gasteiger charge is -2.19. The van der Waals surface area contributed by atoms with Crippen molar-refractivity contribution in [1.82, 2.24) is 0 Å². The zero-order valence-corrected chi connectivity index (χ0v) is 19.3. The number of halogens is 2. The molecule has 0 saturated carbocycles.